The molecule has 0 saturated carbocycles. The standard InChI is InChI=1S/C24H29N5O4S/c1-18(2)28-34(32,33)16-20-8-6-19(7-9-20)15-26-24(31)21-4-3-5-22(14-21)27-23(30)10-12-29-13-11-25-17-29/h3-9,11,13-14,17-18,28H,10,12,15-16H2,1-2H3,(H,26,31)(H,27,30). The molecule has 34 heavy (non-hydrogen) atoms. The molecule has 3 aromatic rings. The Morgan fingerprint density at radius 2 is 1.79 bits per heavy atom. The number of aromatic nitrogens is 2. The van der Waals surface area contributed by atoms with Gasteiger partial charge in [0.05, 0.1) is 12.1 Å². The Labute approximate surface area is 199 Å². The van der Waals surface area contributed by atoms with Gasteiger partial charge in [0.15, 0.2) is 0 Å². The van der Waals surface area contributed by atoms with E-state index in [1.54, 1.807) is 81.1 Å². The molecule has 2 aromatic carbocycles. The Hall–Kier alpha value is -3.50. The van der Waals surface area contributed by atoms with Gasteiger partial charge in [-0.1, -0.05) is 30.3 Å². The number of amides is 2. The van der Waals surface area contributed by atoms with Crippen molar-refractivity contribution in [3.63, 3.8) is 0 Å². The predicted molar refractivity (Wildman–Crippen MR) is 130 cm³/mol. The fourth-order valence-corrected chi connectivity index (χ4v) is 4.70. The number of hydrogen-bond donors (Lipinski definition) is 3. The first-order valence-corrected chi connectivity index (χ1v) is 12.6. The summed E-state index contributed by atoms with van der Waals surface area (Å²) in [6.45, 7) is 4.36. The zero-order valence-corrected chi connectivity index (χ0v) is 20.0. The topological polar surface area (TPSA) is 122 Å². The van der Waals surface area contributed by atoms with E-state index in [4.69, 9.17) is 0 Å². The molecule has 0 atom stereocenters. The third-order valence-electron chi connectivity index (χ3n) is 4.81. The Balaban J connectivity index is 1.50. The summed E-state index contributed by atoms with van der Waals surface area (Å²) in [6.07, 6.45) is 5.39. The van der Waals surface area contributed by atoms with E-state index >= 15 is 0 Å². The van der Waals surface area contributed by atoms with Gasteiger partial charge in [0.2, 0.25) is 15.9 Å². The van der Waals surface area contributed by atoms with Gasteiger partial charge in [0, 0.05) is 49.2 Å². The molecule has 0 spiro atoms. The van der Waals surface area contributed by atoms with E-state index in [2.05, 4.69) is 20.3 Å². The quantitative estimate of drug-likeness (QED) is 0.387. The second kappa shape index (κ2) is 11.6. The van der Waals surface area contributed by atoms with E-state index < -0.39 is 10.0 Å². The van der Waals surface area contributed by atoms with Crippen LogP contribution < -0.4 is 15.4 Å². The van der Waals surface area contributed by atoms with Crippen molar-refractivity contribution in [3.8, 4) is 0 Å². The van der Waals surface area contributed by atoms with E-state index in [1.807, 2.05) is 4.57 Å². The maximum atomic E-state index is 12.6. The zero-order valence-electron chi connectivity index (χ0n) is 19.2. The number of nitrogens with zero attached hydrogens (tertiary/aromatic N) is 2. The van der Waals surface area contributed by atoms with Gasteiger partial charge in [0.25, 0.3) is 5.91 Å². The number of hydrogen-bond acceptors (Lipinski definition) is 5. The zero-order chi connectivity index (χ0) is 24.6. The molecule has 0 radical (unpaired) electrons. The van der Waals surface area contributed by atoms with Crippen LogP contribution in [0.1, 0.15) is 41.8 Å². The lowest BCUT2D eigenvalue weighted by atomic mass is 10.1. The highest BCUT2D eigenvalue weighted by molar-refractivity contribution is 7.88. The lowest BCUT2D eigenvalue weighted by Gasteiger charge is -2.11. The molecule has 3 N–H and O–H groups in total. The maximum Gasteiger partial charge on any atom is 0.251 e. The van der Waals surface area contributed by atoms with Crippen LogP contribution in [0.15, 0.2) is 67.3 Å². The molecule has 2 amide bonds. The number of nitrogens with one attached hydrogen (secondary N) is 3. The summed E-state index contributed by atoms with van der Waals surface area (Å²) in [5.74, 6) is -0.530. The smallest absolute Gasteiger partial charge is 0.251 e. The second-order valence-electron chi connectivity index (χ2n) is 8.21. The number of aryl methyl sites for hydroxylation is 1. The number of benzene rings is 2. The van der Waals surface area contributed by atoms with Crippen LogP contribution in [0.4, 0.5) is 5.69 Å². The van der Waals surface area contributed by atoms with Crippen LogP contribution in [0.25, 0.3) is 0 Å². The molecule has 0 fully saturated rings. The summed E-state index contributed by atoms with van der Waals surface area (Å²) in [6, 6.07) is 13.6. The lowest BCUT2D eigenvalue weighted by Crippen LogP contribution is -2.31. The average molecular weight is 484 g/mol. The first-order chi connectivity index (χ1) is 16.2. The van der Waals surface area contributed by atoms with Gasteiger partial charge in [-0.15, -0.1) is 0 Å². The molecule has 0 aliphatic rings. The Morgan fingerprint density at radius 3 is 2.47 bits per heavy atom. The van der Waals surface area contributed by atoms with Crippen molar-refractivity contribution in [3.05, 3.63) is 83.9 Å². The van der Waals surface area contributed by atoms with E-state index in [-0.39, 0.29) is 36.6 Å². The highest BCUT2D eigenvalue weighted by atomic mass is 32.2. The molecule has 1 heterocycles. The van der Waals surface area contributed by atoms with Crippen LogP contribution in [0, 0.1) is 0 Å². The molecule has 10 heteroatoms. The summed E-state index contributed by atoms with van der Waals surface area (Å²) in [5.41, 5.74) is 2.48. The van der Waals surface area contributed by atoms with E-state index in [0.29, 0.717) is 23.4 Å². The Bertz CT molecular complexity index is 1210. The molecular weight excluding hydrogens is 454 g/mol. The molecule has 3 rings (SSSR count). The lowest BCUT2D eigenvalue weighted by molar-refractivity contribution is -0.116. The monoisotopic (exact) mass is 483 g/mol. The van der Waals surface area contributed by atoms with Crippen molar-refractivity contribution in [2.75, 3.05) is 5.32 Å². The fourth-order valence-electron chi connectivity index (χ4n) is 3.27. The van der Waals surface area contributed by atoms with Crippen LogP contribution in [0.2, 0.25) is 0 Å². The van der Waals surface area contributed by atoms with Crippen LogP contribution >= 0.6 is 0 Å². The minimum Gasteiger partial charge on any atom is -0.348 e. The summed E-state index contributed by atoms with van der Waals surface area (Å²) in [5, 5.41) is 5.64. The van der Waals surface area contributed by atoms with Gasteiger partial charge in [0.1, 0.15) is 0 Å². The Morgan fingerprint density at radius 1 is 1.06 bits per heavy atom. The van der Waals surface area contributed by atoms with Gasteiger partial charge in [-0.2, -0.15) is 0 Å². The van der Waals surface area contributed by atoms with Crippen molar-refractivity contribution >= 4 is 27.5 Å². The van der Waals surface area contributed by atoms with E-state index in [9.17, 15) is 18.0 Å². The molecule has 0 unspecified atom stereocenters. The minimum absolute atomic E-state index is 0.0986. The van der Waals surface area contributed by atoms with Gasteiger partial charge in [-0.3, -0.25) is 9.59 Å². The summed E-state index contributed by atoms with van der Waals surface area (Å²) in [7, 11) is -3.39. The first-order valence-electron chi connectivity index (χ1n) is 10.9. The molecular formula is C24H29N5O4S. The van der Waals surface area contributed by atoms with Gasteiger partial charge < -0.3 is 15.2 Å². The fraction of sp³-hybridized carbons (Fsp3) is 0.292. The second-order valence-corrected chi connectivity index (χ2v) is 9.96. The van der Waals surface area contributed by atoms with Crippen molar-refractivity contribution in [1.29, 1.82) is 0 Å². The van der Waals surface area contributed by atoms with Gasteiger partial charge in [-0.25, -0.2) is 18.1 Å². The molecule has 9 nitrogen and oxygen atoms in total. The number of carbonyl (C=O) groups is 2. The summed E-state index contributed by atoms with van der Waals surface area (Å²) >= 11 is 0. The van der Waals surface area contributed by atoms with Gasteiger partial charge in [-0.05, 0) is 43.2 Å². The molecule has 1 aromatic heterocycles. The van der Waals surface area contributed by atoms with Crippen LogP contribution in [0.5, 0.6) is 0 Å². The Kier molecular flexibility index (Phi) is 8.55. The third-order valence-corrected chi connectivity index (χ3v) is 6.36. The molecule has 0 aliphatic carbocycles. The molecule has 180 valence electrons. The normalized spacial score (nSPS) is 11.4. The van der Waals surface area contributed by atoms with Crippen molar-refractivity contribution in [2.45, 2.75) is 45.2 Å². The highest BCUT2D eigenvalue weighted by Crippen LogP contribution is 2.12. The van der Waals surface area contributed by atoms with Crippen molar-refractivity contribution < 1.29 is 18.0 Å². The maximum absolute atomic E-state index is 12.6. The highest BCUT2D eigenvalue weighted by Gasteiger charge is 2.13. The van der Waals surface area contributed by atoms with Crippen molar-refractivity contribution in [1.82, 2.24) is 19.6 Å². The summed E-state index contributed by atoms with van der Waals surface area (Å²) < 4.78 is 28.5. The molecule has 0 bridgehead atoms. The summed E-state index contributed by atoms with van der Waals surface area (Å²) in [4.78, 5) is 28.7. The average Bonchev–Trinajstić information content (AvgIpc) is 3.30. The first kappa shape index (κ1) is 25.1. The van der Waals surface area contributed by atoms with Crippen molar-refractivity contribution in [2.24, 2.45) is 0 Å². The molecule has 0 saturated heterocycles. The van der Waals surface area contributed by atoms with E-state index in [0.717, 1.165) is 5.56 Å². The van der Waals surface area contributed by atoms with Crippen LogP contribution in [0.3, 0.4) is 0 Å². The predicted octanol–water partition coefficient (Wildman–Crippen LogP) is 2.67. The van der Waals surface area contributed by atoms with Crippen LogP contribution in [-0.2, 0) is 33.7 Å². The number of carbonyl (C=O) groups excluding carboxylic acids is 2. The largest absolute Gasteiger partial charge is 0.348 e. The number of imidazole rings is 1. The number of anilines is 1. The number of sulfonamides is 1. The minimum atomic E-state index is -3.39. The van der Waals surface area contributed by atoms with E-state index in [1.165, 1.54) is 0 Å². The third kappa shape index (κ3) is 8.13. The SMILES string of the molecule is CC(C)NS(=O)(=O)Cc1ccc(CNC(=O)c2cccc(NC(=O)CCn3ccnc3)c2)cc1. The number of rotatable bonds is 11. The van der Waals surface area contributed by atoms with Gasteiger partial charge >= 0.3 is 0 Å². The van der Waals surface area contributed by atoms with Crippen LogP contribution in [-0.4, -0.2) is 35.8 Å². The molecule has 0 aliphatic heterocycles.